The van der Waals surface area contributed by atoms with Gasteiger partial charge in [-0.15, -0.1) is 0 Å². The number of carboxylic acid groups (broad SMARTS) is 1. The molecule has 0 unspecified atom stereocenters. The summed E-state index contributed by atoms with van der Waals surface area (Å²) in [5, 5.41) is 23.0. The smallest absolute Gasteiger partial charge is 0.417 e. The van der Waals surface area contributed by atoms with Crippen molar-refractivity contribution in [3.8, 4) is 11.5 Å². The van der Waals surface area contributed by atoms with Crippen molar-refractivity contribution in [3.05, 3.63) is 85.9 Å². The zero-order valence-electron chi connectivity index (χ0n) is 15.9. The normalized spacial score (nSPS) is 12.2. The highest BCUT2D eigenvalue weighted by Crippen LogP contribution is 2.46. The maximum Gasteiger partial charge on any atom is 0.417 e. The number of carboxylic acids is 1. The summed E-state index contributed by atoms with van der Waals surface area (Å²) in [6.07, 6.45) is -4.29. The third-order valence-corrected chi connectivity index (χ3v) is 5.11. The third kappa shape index (κ3) is 4.04. The fourth-order valence-electron chi connectivity index (χ4n) is 3.35. The van der Waals surface area contributed by atoms with E-state index in [0.29, 0.717) is 22.6 Å². The highest BCUT2D eigenvalue weighted by atomic mass is 35.5. The second-order valence-corrected chi connectivity index (χ2v) is 7.38. The van der Waals surface area contributed by atoms with Crippen LogP contribution in [0.5, 0.6) is 11.5 Å². The van der Waals surface area contributed by atoms with Crippen LogP contribution in [0.25, 0.3) is 0 Å². The predicted octanol–water partition coefficient (Wildman–Crippen LogP) is 6.41. The number of carbonyl (C=O) groups is 1. The number of halogens is 4. The zero-order valence-corrected chi connectivity index (χ0v) is 16.6. The maximum absolute atomic E-state index is 12.9. The first-order valence-corrected chi connectivity index (χ1v) is 9.40. The van der Waals surface area contributed by atoms with E-state index in [-0.39, 0.29) is 23.4 Å². The van der Waals surface area contributed by atoms with Gasteiger partial charge in [-0.3, -0.25) is 10.1 Å². The van der Waals surface area contributed by atoms with E-state index in [1.54, 1.807) is 18.2 Å². The molecule has 0 bridgehead atoms. The number of hydrogen-bond acceptors (Lipinski definition) is 5. The Morgan fingerprint density at radius 2 is 1.78 bits per heavy atom. The number of fused-ring (bicyclic) bond motifs is 2. The number of benzene rings is 3. The van der Waals surface area contributed by atoms with Crippen molar-refractivity contribution in [2.45, 2.75) is 12.6 Å². The highest BCUT2D eigenvalue weighted by Gasteiger charge is 2.33. The summed E-state index contributed by atoms with van der Waals surface area (Å²) >= 11 is 5.78. The van der Waals surface area contributed by atoms with Gasteiger partial charge in [-0.1, -0.05) is 23.7 Å². The molecule has 7 nitrogen and oxygen atoms in total. The van der Waals surface area contributed by atoms with E-state index in [4.69, 9.17) is 16.3 Å². The second kappa shape index (κ2) is 7.72. The summed E-state index contributed by atoms with van der Waals surface area (Å²) in [5.74, 6) is -1.07. The fraction of sp³-hybridized carbons (Fsp3) is 0.0952. The summed E-state index contributed by atoms with van der Waals surface area (Å²) in [7, 11) is 0. The number of hydrogen-bond donors (Lipinski definition) is 2. The molecule has 164 valence electrons. The van der Waals surface area contributed by atoms with Crippen molar-refractivity contribution < 1.29 is 32.7 Å². The number of aromatic carboxylic acids is 1. The molecule has 0 fully saturated rings. The van der Waals surface area contributed by atoms with Gasteiger partial charge in [0.25, 0.3) is 5.69 Å². The molecule has 32 heavy (non-hydrogen) atoms. The Morgan fingerprint density at radius 1 is 1.09 bits per heavy atom. The Bertz CT molecular complexity index is 1280. The van der Waals surface area contributed by atoms with Crippen LogP contribution >= 0.6 is 11.6 Å². The lowest BCUT2D eigenvalue weighted by Gasteiger charge is -2.23. The number of nitro groups is 1. The van der Waals surface area contributed by atoms with Gasteiger partial charge in [-0.25, -0.2) is 4.79 Å². The number of nitrogens with zero attached hydrogens (tertiary/aromatic N) is 1. The first-order chi connectivity index (χ1) is 15.0. The zero-order chi connectivity index (χ0) is 23.2. The van der Waals surface area contributed by atoms with Gasteiger partial charge in [-0.2, -0.15) is 13.2 Å². The standard InChI is InChI=1S/C21H12ClF3N2O5/c22-15-6-10(1-3-14(15)21(23,24)25)5-11-2-4-17-16(7-11)26-19-13(20(28)29)8-12(27(30)31)9-18(19)32-17/h1-4,6-9,26H,5H2,(H,28,29). The molecule has 1 aliphatic rings. The number of nitrogens with one attached hydrogen (secondary N) is 1. The lowest BCUT2D eigenvalue weighted by atomic mass is 10.0. The van der Waals surface area contributed by atoms with Crippen LogP contribution in [-0.4, -0.2) is 16.0 Å². The Hall–Kier alpha value is -3.79. The molecular weight excluding hydrogens is 453 g/mol. The van der Waals surface area contributed by atoms with Crippen LogP contribution in [0.15, 0.2) is 48.5 Å². The third-order valence-electron chi connectivity index (χ3n) is 4.80. The molecule has 0 radical (unpaired) electrons. The molecule has 2 N–H and O–H groups in total. The first-order valence-electron chi connectivity index (χ1n) is 9.02. The topological polar surface area (TPSA) is 102 Å². The molecule has 11 heteroatoms. The van der Waals surface area contributed by atoms with Gasteiger partial charge in [0.05, 0.1) is 38.5 Å². The van der Waals surface area contributed by atoms with Crippen molar-refractivity contribution in [1.29, 1.82) is 0 Å². The number of non-ortho nitro benzene ring substituents is 1. The van der Waals surface area contributed by atoms with E-state index in [0.717, 1.165) is 18.2 Å². The minimum Gasteiger partial charge on any atom is -0.478 e. The molecule has 0 aromatic heterocycles. The number of nitro benzene ring substituents is 1. The average molecular weight is 465 g/mol. The van der Waals surface area contributed by atoms with E-state index < -0.39 is 33.3 Å². The first kappa shape index (κ1) is 21.4. The Labute approximate surface area is 183 Å². The fourth-order valence-corrected chi connectivity index (χ4v) is 3.66. The molecule has 0 spiro atoms. The van der Waals surface area contributed by atoms with E-state index in [1.165, 1.54) is 12.1 Å². The van der Waals surface area contributed by atoms with Gasteiger partial charge in [-0.05, 0) is 41.8 Å². The Morgan fingerprint density at radius 3 is 2.41 bits per heavy atom. The molecule has 1 heterocycles. The van der Waals surface area contributed by atoms with Crippen molar-refractivity contribution in [2.24, 2.45) is 0 Å². The van der Waals surface area contributed by atoms with E-state index >= 15 is 0 Å². The van der Waals surface area contributed by atoms with Gasteiger partial charge < -0.3 is 15.2 Å². The largest absolute Gasteiger partial charge is 0.478 e. The van der Waals surface area contributed by atoms with E-state index in [9.17, 15) is 33.2 Å². The summed E-state index contributed by atoms with van der Waals surface area (Å²) in [6, 6.07) is 10.4. The molecule has 0 atom stereocenters. The molecular formula is C21H12ClF3N2O5. The number of alkyl halides is 3. The lowest BCUT2D eigenvalue weighted by Crippen LogP contribution is -2.10. The summed E-state index contributed by atoms with van der Waals surface area (Å²) < 4.78 is 44.3. The highest BCUT2D eigenvalue weighted by molar-refractivity contribution is 6.31. The molecule has 4 rings (SSSR count). The minimum absolute atomic E-state index is 0.00799. The number of rotatable bonds is 4. The van der Waals surface area contributed by atoms with Crippen molar-refractivity contribution >= 4 is 34.6 Å². The minimum atomic E-state index is -4.55. The second-order valence-electron chi connectivity index (χ2n) is 6.98. The summed E-state index contributed by atoms with van der Waals surface area (Å²) in [5.41, 5.74) is 0.0202. The van der Waals surface area contributed by atoms with Gasteiger partial charge in [0.2, 0.25) is 0 Å². The average Bonchev–Trinajstić information content (AvgIpc) is 2.70. The van der Waals surface area contributed by atoms with E-state index in [2.05, 4.69) is 5.32 Å². The van der Waals surface area contributed by atoms with Crippen molar-refractivity contribution in [2.75, 3.05) is 5.32 Å². The van der Waals surface area contributed by atoms with Crippen molar-refractivity contribution in [3.63, 3.8) is 0 Å². The van der Waals surface area contributed by atoms with Gasteiger partial charge in [0.15, 0.2) is 11.5 Å². The Balaban J connectivity index is 1.65. The van der Waals surface area contributed by atoms with E-state index in [1.807, 2.05) is 0 Å². The van der Waals surface area contributed by atoms with Gasteiger partial charge >= 0.3 is 12.1 Å². The molecule has 0 saturated carbocycles. The van der Waals surface area contributed by atoms with Crippen LogP contribution < -0.4 is 10.1 Å². The van der Waals surface area contributed by atoms with Crippen LogP contribution in [0.2, 0.25) is 5.02 Å². The van der Waals surface area contributed by atoms with Gasteiger partial charge in [0.1, 0.15) is 0 Å². The summed E-state index contributed by atoms with van der Waals surface area (Å²) in [6.45, 7) is 0. The van der Waals surface area contributed by atoms with Crippen LogP contribution in [0, 0.1) is 10.1 Å². The molecule has 3 aromatic rings. The molecule has 0 saturated heterocycles. The molecule has 0 amide bonds. The van der Waals surface area contributed by atoms with Crippen LogP contribution in [0.1, 0.15) is 27.0 Å². The van der Waals surface area contributed by atoms with Crippen LogP contribution in [0.4, 0.5) is 30.2 Å². The molecule has 1 aliphatic heterocycles. The quantitative estimate of drug-likeness (QED) is 0.267. The van der Waals surface area contributed by atoms with Gasteiger partial charge in [0, 0.05) is 6.07 Å². The summed E-state index contributed by atoms with van der Waals surface area (Å²) in [4.78, 5) is 22.0. The Kier molecular flexibility index (Phi) is 5.17. The lowest BCUT2D eigenvalue weighted by molar-refractivity contribution is -0.384. The monoisotopic (exact) mass is 464 g/mol. The maximum atomic E-state index is 12.9. The number of ether oxygens (including phenoxy) is 1. The SMILES string of the molecule is O=C(O)c1cc([N+](=O)[O-])cc2c1Nc1cc(Cc3ccc(C(F)(F)F)c(Cl)c3)ccc1O2. The predicted molar refractivity (Wildman–Crippen MR) is 109 cm³/mol. The number of anilines is 2. The van der Waals surface area contributed by atoms with Crippen LogP contribution in [-0.2, 0) is 12.6 Å². The molecule has 0 aliphatic carbocycles. The van der Waals surface area contributed by atoms with Crippen LogP contribution in [0.3, 0.4) is 0 Å². The van der Waals surface area contributed by atoms with Crippen molar-refractivity contribution in [1.82, 2.24) is 0 Å². The molecule has 3 aromatic carbocycles.